The number of hydrogen-bond acceptors (Lipinski definition) is 6. The van der Waals surface area contributed by atoms with Crippen LogP contribution in [0.3, 0.4) is 0 Å². The van der Waals surface area contributed by atoms with Gasteiger partial charge in [-0.05, 0) is 60.2 Å². The quantitative estimate of drug-likeness (QED) is 0.672. The van der Waals surface area contributed by atoms with E-state index in [0.717, 1.165) is 42.0 Å². The van der Waals surface area contributed by atoms with Crippen molar-refractivity contribution in [1.29, 1.82) is 0 Å². The summed E-state index contributed by atoms with van der Waals surface area (Å²) in [5.41, 5.74) is 1.98. The van der Waals surface area contributed by atoms with Crippen LogP contribution in [0.5, 0.6) is 0 Å². The van der Waals surface area contributed by atoms with Crippen LogP contribution in [0.2, 0.25) is 0 Å². The van der Waals surface area contributed by atoms with E-state index in [1.807, 2.05) is 29.6 Å². The molecule has 9 heteroatoms. The standard InChI is InChI=1S/C22H25N3O4S2/c1-29-22(8-11-30-14-22)13-23-19(26)20(27)24-16-6-7-17-15(12-16)4-2-9-25(17)21(28)18-5-3-10-31-18/h3,5-7,10,12H,2,4,8-9,11,13-14H2,1H3,(H,23,26)(H,24,27). The average molecular weight is 460 g/mol. The molecule has 2 aliphatic heterocycles. The topological polar surface area (TPSA) is 87.7 Å². The van der Waals surface area contributed by atoms with Gasteiger partial charge in [-0.3, -0.25) is 14.4 Å². The summed E-state index contributed by atoms with van der Waals surface area (Å²) in [6.45, 7) is 0.976. The number of amides is 3. The highest BCUT2D eigenvalue weighted by atomic mass is 32.2. The number of nitrogens with one attached hydrogen (secondary N) is 2. The molecule has 1 aromatic carbocycles. The smallest absolute Gasteiger partial charge is 0.313 e. The molecule has 0 bridgehead atoms. The molecule has 0 radical (unpaired) electrons. The lowest BCUT2D eigenvalue weighted by atomic mass is 10.0. The maximum Gasteiger partial charge on any atom is 0.313 e. The highest BCUT2D eigenvalue weighted by molar-refractivity contribution is 7.99. The second-order valence-corrected chi connectivity index (χ2v) is 9.76. The highest BCUT2D eigenvalue weighted by Crippen LogP contribution is 2.32. The molecule has 1 fully saturated rings. The molecule has 0 saturated carbocycles. The SMILES string of the molecule is COC1(CNC(=O)C(=O)Nc2ccc3c(c2)CCCN3C(=O)c2cccs2)CCSC1. The summed E-state index contributed by atoms with van der Waals surface area (Å²) < 4.78 is 5.57. The van der Waals surface area contributed by atoms with Gasteiger partial charge in [-0.1, -0.05) is 6.07 Å². The van der Waals surface area contributed by atoms with Gasteiger partial charge in [-0.15, -0.1) is 11.3 Å². The third-order valence-electron chi connectivity index (χ3n) is 5.71. The Balaban J connectivity index is 1.40. The number of aryl methyl sites for hydroxylation is 1. The van der Waals surface area contributed by atoms with Gasteiger partial charge in [0.1, 0.15) is 0 Å². The van der Waals surface area contributed by atoms with Crippen molar-refractivity contribution < 1.29 is 19.1 Å². The molecule has 1 atom stereocenters. The number of carbonyl (C=O) groups is 3. The number of benzene rings is 1. The largest absolute Gasteiger partial charge is 0.376 e. The van der Waals surface area contributed by atoms with Crippen molar-refractivity contribution in [3.63, 3.8) is 0 Å². The second kappa shape index (κ2) is 9.42. The first kappa shape index (κ1) is 21.9. The fraction of sp³-hybridized carbons (Fsp3) is 0.409. The molecule has 4 rings (SSSR count). The summed E-state index contributed by atoms with van der Waals surface area (Å²) in [6.07, 6.45) is 2.51. The van der Waals surface area contributed by atoms with Crippen molar-refractivity contribution in [2.45, 2.75) is 24.9 Å². The van der Waals surface area contributed by atoms with Crippen LogP contribution in [-0.2, 0) is 20.7 Å². The summed E-state index contributed by atoms with van der Waals surface area (Å²) in [5, 5.41) is 7.26. The minimum absolute atomic E-state index is 0.00994. The molecule has 7 nitrogen and oxygen atoms in total. The van der Waals surface area contributed by atoms with Gasteiger partial charge in [-0.2, -0.15) is 11.8 Å². The van der Waals surface area contributed by atoms with Crippen LogP contribution >= 0.6 is 23.1 Å². The van der Waals surface area contributed by atoms with Gasteiger partial charge in [-0.25, -0.2) is 0 Å². The van der Waals surface area contributed by atoms with Crippen molar-refractivity contribution in [3.8, 4) is 0 Å². The second-order valence-electron chi connectivity index (χ2n) is 7.71. The highest BCUT2D eigenvalue weighted by Gasteiger charge is 2.35. The normalized spacial score (nSPS) is 20.2. The zero-order valence-corrected chi connectivity index (χ0v) is 18.9. The van der Waals surface area contributed by atoms with Crippen LogP contribution in [0, 0.1) is 0 Å². The zero-order valence-electron chi connectivity index (χ0n) is 17.3. The van der Waals surface area contributed by atoms with Crippen LogP contribution in [0.15, 0.2) is 35.7 Å². The number of methoxy groups -OCH3 is 1. The van der Waals surface area contributed by atoms with Crippen molar-refractivity contribution in [2.75, 3.05) is 41.9 Å². The van der Waals surface area contributed by atoms with Crippen molar-refractivity contribution in [2.24, 2.45) is 0 Å². The lowest BCUT2D eigenvalue weighted by Crippen LogP contribution is -2.47. The first-order valence-corrected chi connectivity index (χ1v) is 12.3. The molecule has 2 N–H and O–H groups in total. The van der Waals surface area contributed by atoms with Gasteiger partial charge in [0, 0.05) is 37.3 Å². The Morgan fingerprint density at radius 3 is 2.81 bits per heavy atom. The molecule has 1 unspecified atom stereocenters. The molecule has 1 aromatic heterocycles. The first-order chi connectivity index (χ1) is 15.0. The van der Waals surface area contributed by atoms with Crippen molar-refractivity contribution in [3.05, 3.63) is 46.2 Å². The van der Waals surface area contributed by atoms with E-state index >= 15 is 0 Å². The Morgan fingerprint density at radius 1 is 1.23 bits per heavy atom. The number of thiophene rings is 1. The fourth-order valence-corrected chi connectivity index (χ4v) is 5.96. The van der Waals surface area contributed by atoms with Crippen LogP contribution in [0.1, 0.15) is 28.1 Å². The van der Waals surface area contributed by atoms with Gasteiger partial charge in [0.2, 0.25) is 0 Å². The van der Waals surface area contributed by atoms with Gasteiger partial charge < -0.3 is 20.3 Å². The molecule has 31 heavy (non-hydrogen) atoms. The number of thioether (sulfide) groups is 1. The van der Waals surface area contributed by atoms with E-state index in [9.17, 15) is 14.4 Å². The van der Waals surface area contributed by atoms with E-state index in [0.29, 0.717) is 23.7 Å². The molecule has 2 aliphatic rings. The maximum atomic E-state index is 12.8. The summed E-state index contributed by atoms with van der Waals surface area (Å²) in [7, 11) is 1.64. The van der Waals surface area contributed by atoms with Crippen molar-refractivity contribution in [1.82, 2.24) is 5.32 Å². The summed E-state index contributed by atoms with van der Waals surface area (Å²) >= 11 is 3.20. The average Bonchev–Trinajstić information content (AvgIpc) is 3.49. The number of hydrogen-bond donors (Lipinski definition) is 2. The number of anilines is 2. The van der Waals surface area contributed by atoms with E-state index < -0.39 is 17.4 Å². The minimum atomic E-state index is -0.709. The lowest BCUT2D eigenvalue weighted by molar-refractivity contribution is -0.136. The maximum absolute atomic E-state index is 12.8. The molecular weight excluding hydrogens is 434 g/mol. The number of nitrogens with zero attached hydrogens (tertiary/aromatic N) is 1. The number of rotatable bonds is 5. The molecule has 2 aromatic rings. The number of ether oxygens (including phenoxy) is 1. The Labute approximate surface area is 189 Å². The first-order valence-electron chi connectivity index (χ1n) is 10.2. The van der Waals surface area contributed by atoms with Crippen LogP contribution in [-0.4, -0.2) is 55.0 Å². The van der Waals surface area contributed by atoms with Gasteiger partial charge >= 0.3 is 11.8 Å². The fourth-order valence-electron chi connectivity index (χ4n) is 3.89. The number of fused-ring (bicyclic) bond motifs is 1. The van der Waals surface area contributed by atoms with E-state index in [-0.39, 0.29) is 5.91 Å². The number of carbonyl (C=O) groups excluding carboxylic acids is 3. The lowest BCUT2D eigenvalue weighted by Gasteiger charge is -2.29. The molecule has 164 valence electrons. The zero-order chi connectivity index (χ0) is 21.8. The van der Waals surface area contributed by atoms with Crippen LogP contribution in [0.25, 0.3) is 0 Å². The third-order valence-corrected chi connectivity index (χ3v) is 7.79. The Morgan fingerprint density at radius 2 is 2.10 bits per heavy atom. The van der Waals surface area contributed by atoms with Crippen LogP contribution in [0.4, 0.5) is 11.4 Å². The van der Waals surface area contributed by atoms with Gasteiger partial charge in [0.25, 0.3) is 5.91 Å². The molecule has 1 saturated heterocycles. The van der Waals surface area contributed by atoms with E-state index in [1.54, 1.807) is 29.8 Å². The summed E-state index contributed by atoms with van der Waals surface area (Å²) in [6, 6.07) is 9.11. The van der Waals surface area contributed by atoms with Gasteiger partial charge in [0.05, 0.1) is 10.5 Å². The summed E-state index contributed by atoms with van der Waals surface area (Å²) in [4.78, 5) is 40.0. The molecule has 0 aliphatic carbocycles. The Kier molecular flexibility index (Phi) is 6.64. The third kappa shape index (κ3) is 4.78. The van der Waals surface area contributed by atoms with E-state index in [2.05, 4.69) is 10.6 Å². The monoisotopic (exact) mass is 459 g/mol. The predicted octanol–water partition coefficient (Wildman–Crippen LogP) is 2.92. The minimum Gasteiger partial charge on any atom is -0.376 e. The molecule has 0 spiro atoms. The molecule has 3 heterocycles. The Hall–Kier alpha value is -2.36. The van der Waals surface area contributed by atoms with Crippen molar-refractivity contribution >= 4 is 52.2 Å². The van der Waals surface area contributed by atoms with Crippen LogP contribution < -0.4 is 15.5 Å². The van der Waals surface area contributed by atoms with Gasteiger partial charge in [0.15, 0.2) is 0 Å². The molecular formula is C22H25N3O4S2. The molecule has 3 amide bonds. The Bertz CT molecular complexity index is 971. The van der Waals surface area contributed by atoms with E-state index in [4.69, 9.17) is 4.74 Å². The predicted molar refractivity (Wildman–Crippen MR) is 124 cm³/mol. The summed E-state index contributed by atoms with van der Waals surface area (Å²) in [5.74, 6) is 0.387. The van der Waals surface area contributed by atoms with E-state index in [1.165, 1.54) is 11.3 Å².